The molecule has 7 nitrogen and oxygen atoms in total. The summed E-state index contributed by atoms with van der Waals surface area (Å²) < 4.78 is 3.65. The number of amides is 1. The summed E-state index contributed by atoms with van der Waals surface area (Å²) in [6.07, 6.45) is 8.69. The normalized spacial score (nSPS) is 14.3. The van der Waals surface area contributed by atoms with Crippen molar-refractivity contribution in [3.8, 4) is 0 Å². The zero-order valence-corrected chi connectivity index (χ0v) is 12.7. The van der Waals surface area contributed by atoms with Gasteiger partial charge in [0.25, 0.3) is 5.91 Å². The van der Waals surface area contributed by atoms with Crippen molar-refractivity contribution in [2.75, 3.05) is 6.54 Å². The van der Waals surface area contributed by atoms with Gasteiger partial charge in [0, 0.05) is 49.4 Å². The third-order valence-electron chi connectivity index (χ3n) is 4.05. The van der Waals surface area contributed by atoms with Crippen LogP contribution in [-0.2, 0) is 6.54 Å². The minimum Gasteiger partial charge on any atom is -0.351 e. The van der Waals surface area contributed by atoms with Gasteiger partial charge in [0.2, 0.25) is 0 Å². The van der Waals surface area contributed by atoms with E-state index in [9.17, 15) is 4.79 Å². The van der Waals surface area contributed by atoms with Gasteiger partial charge in [-0.25, -0.2) is 9.50 Å². The Labute approximate surface area is 133 Å². The molecule has 0 saturated heterocycles. The second kappa shape index (κ2) is 5.83. The molecule has 0 atom stereocenters. The van der Waals surface area contributed by atoms with E-state index in [1.165, 1.54) is 18.5 Å². The topological polar surface area (TPSA) is 77.1 Å². The molecule has 1 N–H and O–H groups in total. The van der Waals surface area contributed by atoms with Gasteiger partial charge in [0.15, 0.2) is 11.3 Å². The van der Waals surface area contributed by atoms with E-state index in [-0.39, 0.29) is 5.91 Å². The zero-order valence-electron chi connectivity index (χ0n) is 12.7. The average Bonchev–Trinajstić information content (AvgIpc) is 3.14. The molecule has 3 aromatic rings. The van der Waals surface area contributed by atoms with E-state index in [4.69, 9.17) is 0 Å². The van der Waals surface area contributed by atoms with Crippen molar-refractivity contribution in [1.29, 1.82) is 0 Å². The summed E-state index contributed by atoms with van der Waals surface area (Å²) in [5, 5.41) is 11.5. The van der Waals surface area contributed by atoms with Crippen LogP contribution in [0.2, 0.25) is 0 Å². The Bertz CT molecular complexity index is 799. The number of aromatic nitrogens is 5. The van der Waals surface area contributed by atoms with Crippen LogP contribution in [0.25, 0.3) is 5.65 Å². The lowest BCUT2D eigenvalue weighted by Crippen LogP contribution is -2.26. The number of fused-ring (bicyclic) bond motifs is 1. The lowest BCUT2D eigenvalue weighted by Gasteiger charge is -2.07. The van der Waals surface area contributed by atoms with Crippen LogP contribution in [0.4, 0.5) is 0 Å². The number of hydrogen-bond donors (Lipinski definition) is 1. The van der Waals surface area contributed by atoms with Gasteiger partial charge in [-0.15, -0.1) is 0 Å². The zero-order chi connectivity index (χ0) is 15.6. The molecule has 1 amide bonds. The van der Waals surface area contributed by atoms with Crippen LogP contribution in [0.1, 0.15) is 41.4 Å². The second-order valence-corrected chi connectivity index (χ2v) is 5.81. The molecule has 3 aromatic heterocycles. The highest BCUT2D eigenvalue weighted by atomic mass is 16.1. The minimum atomic E-state index is -0.168. The first-order chi connectivity index (χ1) is 11.3. The fourth-order valence-electron chi connectivity index (χ4n) is 2.72. The molecule has 23 heavy (non-hydrogen) atoms. The van der Waals surface area contributed by atoms with Crippen LogP contribution >= 0.6 is 0 Å². The van der Waals surface area contributed by atoms with Crippen molar-refractivity contribution >= 4 is 11.6 Å². The standard InChI is InChI=1S/C16H18N6O/c23-16(13-11-15-17-6-1-10-22(15)20-13)18-7-2-9-21-14(5-8-19-21)12-3-4-12/h1,5-6,8,10-12H,2-4,7,9H2,(H,18,23). The van der Waals surface area contributed by atoms with Gasteiger partial charge < -0.3 is 5.32 Å². The third kappa shape index (κ3) is 2.94. The Kier molecular flexibility index (Phi) is 3.53. The number of aryl methyl sites for hydroxylation is 1. The third-order valence-corrected chi connectivity index (χ3v) is 4.05. The van der Waals surface area contributed by atoms with Crippen LogP contribution in [0, 0.1) is 0 Å². The molecule has 0 radical (unpaired) electrons. The van der Waals surface area contributed by atoms with Gasteiger partial charge in [-0.3, -0.25) is 9.48 Å². The number of nitrogens with one attached hydrogen (secondary N) is 1. The Balaban J connectivity index is 1.30. The summed E-state index contributed by atoms with van der Waals surface area (Å²) in [5.74, 6) is 0.524. The molecule has 0 unspecified atom stereocenters. The van der Waals surface area contributed by atoms with Crippen molar-refractivity contribution in [3.63, 3.8) is 0 Å². The smallest absolute Gasteiger partial charge is 0.271 e. The highest BCUT2D eigenvalue weighted by molar-refractivity contribution is 5.93. The quantitative estimate of drug-likeness (QED) is 0.702. The first kappa shape index (κ1) is 13.9. The first-order valence-corrected chi connectivity index (χ1v) is 7.91. The van der Waals surface area contributed by atoms with Crippen molar-refractivity contribution in [1.82, 2.24) is 29.7 Å². The van der Waals surface area contributed by atoms with Crippen LogP contribution in [0.5, 0.6) is 0 Å². The molecule has 0 bridgehead atoms. The van der Waals surface area contributed by atoms with Crippen molar-refractivity contribution in [3.05, 3.63) is 48.2 Å². The summed E-state index contributed by atoms with van der Waals surface area (Å²) in [6.45, 7) is 1.43. The highest BCUT2D eigenvalue weighted by Crippen LogP contribution is 2.39. The minimum absolute atomic E-state index is 0.168. The molecule has 0 spiro atoms. The number of carbonyl (C=O) groups excluding carboxylic acids is 1. The SMILES string of the molecule is O=C(NCCCn1nccc1C1CC1)c1cc2ncccn2n1. The summed E-state index contributed by atoms with van der Waals surface area (Å²) in [6, 6.07) is 5.57. The molecule has 1 fully saturated rings. The Hall–Kier alpha value is -2.70. The van der Waals surface area contributed by atoms with Crippen LogP contribution < -0.4 is 5.32 Å². The van der Waals surface area contributed by atoms with E-state index in [0.717, 1.165) is 13.0 Å². The predicted molar refractivity (Wildman–Crippen MR) is 84.1 cm³/mol. The van der Waals surface area contributed by atoms with Crippen LogP contribution in [-0.4, -0.2) is 36.8 Å². The van der Waals surface area contributed by atoms with E-state index in [1.807, 2.05) is 6.20 Å². The van der Waals surface area contributed by atoms with Crippen molar-refractivity contribution in [2.45, 2.75) is 31.7 Å². The summed E-state index contributed by atoms with van der Waals surface area (Å²) >= 11 is 0. The van der Waals surface area contributed by atoms with Crippen LogP contribution in [0.3, 0.4) is 0 Å². The van der Waals surface area contributed by atoms with Gasteiger partial charge >= 0.3 is 0 Å². The van der Waals surface area contributed by atoms with Crippen LogP contribution in [0.15, 0.2) is 36.8 Å². The molecule has 3 heterocycles. The van der Waals surface area contributed by atoms with E-state index in [0.29, 0.717) is 23.8 Å². The second-order valence-electron chi connectivity index (χ2n) is 5.81. The van der Waals surface area contributed by atoms with Gasteiger partial charge in [0.1, 0.15) is 0 Å². The summed E-state index contributed by atoms with van der Waals surface area (Å²) in [5.41, 5.74) is 2.38. The molecule has 1 saturated carbocycles. The maximum absolute atomic E-state index is 12.1. The molecule has 0 aromatic carbocycles. The monoisotopic (exact) mass is 310 g/mol. The molecular weight excluding hydrogens is 292 g/mol. The molecule has 1 aliphatic rings. The van der Waals surface area contributed by atoms with E-state index >= 15 is 0 Å². The van der Waals surface area contributed by atoms with Gasteiger partial charge in [-0.1, -0.05) is 0 Å². The van der Waals surface area contributed by atoms with Gasteiger partial charge in [0.05, 0.1) is 0 Å². The maximum atomic E-state index is 12.1. The molecule has 0 aliphatic heterocycles. The Morgan fingerprint density at radius 1 is 1.35 bits per heavy atom. The van der Waals surface area contributed by atoms with E-state index < -0.39 is 0 Å². The number of nitrogens with zero attached hydrogens (tertiary/aromatic N) is 5. The lowest BCUT2D eigenvalue weighted by atomic mass is 10.3. The lowest BCUT2D eigenvalue weighted by molar-refractivity contribution is 0.0947. The molecule has 4 rings (SSSR count). The van der Waals surface area contributed by atoms with E-state index in [1.54, 1.807) is 29.0 Å². The van der Waals surface area contributed by atoms with Crippen molar-refractivity contribution < 1.29 is 4.79 Å². The van der Waals surface area contributed by atoms with Gasteiger partial charge in [-0.2, -0.15) is 10.2 Å². The molecule has 7 heteroatoms. The molecular formula is C16H18N6O. The Morgan fingerprint density at radius 2 is 2.26 bits per heavy atom. The predicted octanol–water partition coefficient (Wildman–Crippen LogP) is 1.62. The van der Waals surface area contributed by atoms with Gasteiger partial charge in [-0.05, 0) is 31.4 Å². The molecule has 118 valence electrons. The maximum Gasteiger partial charge on any atom is 0.271 e. The highest BCUT2D eigenvalue weighted by Gasteiger charge is 2.26. The Morgan fingerprint density at radius 3 is 3.09 bits per heavy atom. The summed E-state index contributed by atoms with van der Waals surface area (Å²) in [7, 11) is 0. The van der Waals surface area contributed by atoms with E-state index in [2.05, 4.69) is 31.2 Å². The number of hydrogen-bond acceptors (Lipinski definition) is 4. The fraction of sp³-hybridized carbons (Fsp3) is 0.375. The first-order valence-electron chi connectivity index (χ1n) is 7.91. The largest absolute Gasteiger partial charge is 0.351 e. The fourth-order valence-corrected chi connectivity index (χ4v) is 2.72. The summed E-state index contributed by atoms with van der Waals surface area (Å²) in [4.78, 5) is 16.3. The number of carbonyl (C=O) groups is 1. The molecule has 1 aliphatic carbocycles. The number of rotatable bonds is 6. The average molecular weight is 310 g/mol. The van der Waals surface area contributed by atoms with Crippen molar-refractivity contribution in [2.24, 2.45) is 0 Å².